The van der Waals surface area contributed by atoms with Gasteiger partial charge in [0.2, 0.25) is 5.95 Å². The van der Waals surface area contributed by atoms with E-state index in [1.165, 1.54) is 6.07 Å². The molecule has 0 saturated carbocycles. The van der Waals surface area contributed by atoms with Crippen LogP contribution in [0.1, 0.15) is 24.1 Å². The summed E-state index contributed by atoms with van der Waals surface area (Å²) in [6.45, 7) is 4.41. The highest BCUT2D eigenvalue weighted by atomic mass is 35.5. The zero-order valence-electron chi connectivity index (χ0n) is 16.3. The monoisotopic (exact) mass is 442 g/mol. The van der Waals surface area contributed by atoms with Crippen molar-refractivity contribution >= 4 is 35.1 Å². The molecule has 1 aromatic heterocycles. The molecule has 2 amide bonds. The van der Waals surface area contributed by atoms with Crippen LogP contribution < -0.4 is 20.9 Å². The summed E-state index contributed by atoms with van der Waals surface area (Å²) < 4.78 is 38.7. The van der Waals surface area contributed by atoms with Gasteiger partial charge >= 0.3 is 12.2 Å². The Kier molecular flexibility index (Phi) is 6.86. The lowest BCUT2D eigenvalue weighted by molar-refractivity contribution is -0.137. The number of carbonyl (C=O) groups is 1. The zero-order chi connectivity index (χ0) is 21.7. The Morgan fingerprint density at radius 2 is 1.90 bits per heavy atom. The fraction of sp³-hybridized carbons (Fsp3) is 0.421. The molecule has 3 N–H and O–H groups in total. The SMILES string of the molecule is Cc1cc(N2CCCC2)nc(NCCNC(=O)Nc2ccc(Cl)c(C(F)(F)F)c2)n1. The predicted molar refractivity (Wildman–Crippen MR) is 110 cm³/mol. The van der Waals surface area contributed by atoms with Crippen molar-refractivity contribution in [3.05, 3.63) is 40.5 Å². The molecular weight excluding hydrogens is 421 g/mol. The van der Waals surface area contributed by atoms with E-state index in [4.69, 9.17) is 11.6 Å². The lowest BCUT2D eigenvalue weighted by Crippen LogP contribution is -2.33. The van der Waals surface area contributed by atoms with Crippen molar-refractivity contribution in [2.45, 2.75) is 25.9 Å². The van der Waals surface area contributed by atoms with Crippen molar-refractivity contribution in [3.63, 3.8) is 0 Å². The van der Waals surface area contributed by atoms with E-state index in [0.717, 1.165) is 49.6 Å². The average molecular weight is 443 g/mol. The van der Waals surface area contributed by atoms with E-state index < -0.39 is 22.8 Å². The lowest BCUT2D eigenvalue weighted by Gasteiger charge is -2.17. The Balaban J connectivity index is 1.48. The van der Waals surface area contributed by atoms with Crippen LogP contribution in [0.5, 0.6) is 0 Å². The molecule has 0 radical (unpaired) electrons. The minimum atomic E-state index is -4.60. The molecule has 1 aliphatic heterocycles. The van der Waals surface area contributed by atoms with Gasteiger partial charge in [-0.3, -0.25) is 0 Å². The van der Waals surface area contributed by atoms with Gasteiger partial charge in [0.05, 0.1) is 10.6 Å². The topological polar surface area (TPSA) is 82.2 Å². The Morgan fingerprint density at radius 3 is 2.60 bits per heavy atom. The van der Waals surface area contributed by atoms with Gasteiger partial charge in [0.1, 0.15) is 5.82 Å². The smallest absolute Gasteiger partial charge is 0.356 e. The summed E-state index contributed by atoms with van der Waals surface area (Å²) in [6.07, 6.45) is -2.32. The highest BCUT2D eigenvalue weighted by Gasteiger charge is 2.33. The summed E-state index contributed by atoms with van der Waals surface area (Å²) in [6, 6.07) is 4.49. The number of nitrogens with zero attached hydrogens (tertiary/aromatic N) is 3. The van der Waals surface area contributed by atoms with Crippen molar-refractivity contribution in [3.8, 4) is 0 Å². The van der Waals surface area contributed by atoms with Gasteiger partial charge in [-0.2, -0.15) is 18.2 Å². The largest absolute Gasteiger partial charge is 0.417 e. The number of nitrogens with one attached hydrogen (secondary N) is 3. The molecule has 11 heteroatoms. The first-order valence-corrected chi connectivity index (χ1v) is 9.86. The summed E-state index contributed by atoms with van der Waals surface area (Å²) in [7, 11) is 0. The third-order valence-corrected chi connectivity index (χ3v) is 4.82. The highest BCUT2D eigenvalue weighted by molar-refractivity contribution is 6.31. The normalized spacial score (nSPS) is 14.0. The van der Waals surface area contributed by atoms with Crippen LogP contribution >= 0.6 is 11.6 Å². The number of urea groups is 1. The number of anilines is 3. The molecule has 162 valence electrons. The van der Waals surface area contributed by atoms with Crippen LogP contribution in [0, 0.1) is 6.92 Å². The van der Waals surface area contributed by atoms with E-state index in [1.807, 2.05) is 13.0 Å². The van der Waals surface area contributed by atoms with E-state index >= 15 is 0 Å². The van der Waals surface area contributed by atoms with E-state index in [-0.39, 0.29) is 12.2 Å². The van der Waals surface area contributed by atoms with E-state index in [1.54, 1.807) is 0 Å². The van der Waals surface area contributed by atoms with Crippen molar-refractivity contribution < 1.29 is 18.0 Å². The standard InChI is InChI=1S/C19H22ClF3N6O/c1-12-10-16(29-8-2-3-9-29)28-17(26-12)24-6-7-25-18(30)27-13-4-5-15(20)14(11-13)19(21,22)23/h4-5,10-11H,2-3,6-9H2,1H3,(H,24,26,28)(H2,25,27,30). The highest BCUT2D eigenvalue weighted by Crippen LogP contribution is 2.36. The van der Waals surface area contributed by atoms with E-state index in [9.17, 15) is 18.0 Å². The number of benzene rings is 1. The van der Waals surface area contributed by atoms with Gasteiger partial charge in [-0.1, -0.05) is 11.6 Å². The van der Waals surface area contributed by atoms with Gasteiger partial charge in [-0.15, -0.1) is 0 Å². The molecule has 0 atom stereocenters. The van der Waals surface area contributed by atoms with Crippen LogP contribution in [0.15, 0.2) is 24.3 Å². The molecular formula is C19H22ClF3N6O. The summed E-state index contributed by atoms with van der Waals surface area (Å²) in [5, 5.41) is 7.55. The second kappa shape index (κ2) is 9.38. The maximum atomic E-state index is 12.9. The minimum absolute atomic E-state index is 0.00513. The van der Waals surface area contributed by atoms with Crippen LogP contribution in [0.3, 0.4) is 0 Å². The fourth-order valence-corrected chi connectivity index (χ4v) is 3.31. The Hall–Kier alpha value is -2.75. The first kappa shape index (κ1) is 21.9. The molecule has 0 bridgehead atoms. The van der Waals surface area contributed by atoms with Crippen molar-refractivity contribution in [2.75, 3.05) is 41.7 Å². The first-order chi connectivity index (χ1) is 14.2. The van der Waals surface area contributed by atoms with E-state index in [2.05, 4.69) is 30.8 Å². The maximum absolute atomic E-state index is 12.9. The van der Waals surface area contributed by atoms with Crippen molar-refractivity contribution in [2.24, 2.45) is 0 Å². The molecule has 1 aliphatic rings. The van der Waals surface area contributed by atoms with Crippen LogP contribution in [0.4, 0.5) is 35.4 Å². The summed E-state index contributed by atoms with van der Waals surface area (Å²) in [5.74, 6) is 1.34. The average Bonchev–Trinajstić information content (AvgIpc) is 3.20. The fourth-order valence-electron chi connectivity index (χ4n) is 3.09. The first-order valence-electron chi connectivity index (χ1n) is 9.48. The number of amides is 2. The van der Waals surface area contributed by atoms with Gasteiger partial charge in [0, 0.05) is 43.6 Å². The number of aromatic nitrogens is 2. The molecule has 2 aromatic rings. The molecule has 0 spiro atoms. The lowest BCUT2D eigenvalue weighted by atomic mass is 10.2. The van der Waals surface area contributed by atoms with Gasteiger partial charge in [-0.25, -0.2) is 9.78 Å². The van der Waals surface area contributed by atoms with Crippen LogP contribution in [0.2, 0.25) is 5.02 Å². The Labute approximate surface area is 177 Å². The quantitative estimate of drug-likeness (QED) is 0.581. The van der Waals surface area contributed by atoms with Crippen molar-refractivity contribution in [1.29, 1.82) is 0 Å². The number of hydrogen-bond acceptors (Lipinski definition) is 5. The molecule has 0 unspecified atom stereocenters. The van der Waals surface area contributed by atoms with Gasteiger partial charge < -0.3 is 20.9 Å². The molecule has 0 aliphatic carbocycles. The van der Waals surface area contributed by atoms with E-state index in [0.29, 0.717) is 12.5 Å². The maximum Gasteiger partial charge on any atom is 0.417 e. The third kappa shape index (κ3) is 5.88. The summed E-state index contributed by atoms with van der Waals surface area (Å²) >= 11 is 5.57. The number of halogens is 4. The Morgan fingerprint density at radius 1 is 1.17 bits per heavy atom. The number of carbonyl (C=O) groups excluding carboxylic acids is 1. The molecule has 1 fully saturated rings. The third-order valence-electron chi connectivity index (χ3n) is 4.49. The molecule has 7 nitrogen and oxygen atoms in total. The van der Waals surface area contributed by atoms with Crippen LogP contribution in [-0.2, 0) is 6.18 Å². The molecule has 2 heterocycles. The number of alkyl halides is 3. The Bertz CT molecular complexity index is 902. The molecule has 1 saturated heterocycles. The molecule has 1 aromatic carbocycles. The van der Waals surface area contributed by atoms with Gasteiger partial charge in [0.25, 0.3) is 0 Å². The van der Waals surface area contributed by atoms with Gasteiger partial charge in [0.15, 0.2) is 0 Å². The molecule has 30 heavy (non-hydrogen) atoms. The van der Waals surface area contributed by atoms with Gasteiger partial charge in [-0.05, 0) is 38.0 Å². The second-order valence-electron chi connectivity index (χ2n) is 6.89. The van der Waals surface area contributed by atoms with Crippen LogP contribution in [-0.4, -0.2) is 42.2 Å². The number of hydrogen-bond donors (Lipinski definition) is 3. The summed E-state index contributed by atoms with van der Waals surface area (Å²) in [5.41, 5.74) is -0.174. The predicted octanol–water partition coefficient (Wildman–Crippen LogP) is 4.29. The zero-order valence-corrected chi connectivity index (χ0v) is 17.1. The number of rotatable bonds is 6. The van der Waals surface area contributed by atoms with Crippen molar-refractivity contribution in [1.82, 2.24) is 15.3 Å². The molecule has 3 rings (SSSR count). The second-order valence-corrected chi connectivity index (χ2v) is 7.29. The minimum Gasteiger partial charge on any atom is -0.356 e. The summed E-state index contributed by atoms with van der Waals surface area (Å²) in [4.78, 5) is 23.0. The number of aryl methyl sites for hydroxylation is 1. The van der Waals surface area contributed by atoms with Crippen LogP contribution in [0.25, 0.3) is 0 Å².